The van der Waals surface area contributed by atoms with Gasteiger partial charge in [-0.3, -0.25) is 4.79 Å². The maximum Gasteiger partial charge on any atom is 0.248 e. The Bertz CT molecular complexity index is 1040. The van der Waals surface area contributed by atoms with Gasteiger partial charge in [0.05, 0.1) is 22.1 Å². The molecule has 0 radical (unpaired) electrons. The van der Waals surface area contributed by atoms with Crippen LogP contribution in [0.5, 0.6) is 5.75 Å². The molecular weight excluding hydrogens is 394 g/mol. The van der Waals surface area contributed by atoms with Crippen LogP contribution in [-0.4, -0.2) is 24.0 Å². The van der Waals surface area contributed by atoms with Crippen molar-refractivity contribution in [3.05, 3.63) is 76.3 Å². The Hall–Kier alpha value is -3.12. The van der Waals surface area contributed by atoms with E-state index in [1.165, 1.54) is 12.8 Å². The lowest BCUT2D eigenvalue weighted by Crippen LogP contribution is -2.20. The van der Waals surface area contributed by atoms with E-state index in [-0.39, 0.29) is 5.91 Å². The van der Waals surface area contributed by atoms with Crippen molar-refractivity contribution in [3.63, 3.8) is 0 Å². The molecule has 0 unspecified atom stereocenters. The van der Waals surface area contributed by atoms with Crippen molar-refractivity contribution in [1.29, 1.82) is 0 Å². The number of anilines is 2. The first kappa shape index (κ1) is 20.2. The molecule has 0 bridgehead atoms. The molecule has 4 rings (SSSR count). The normalized spacial score (nSPS) is 13.7. The molecule has 0 saturated carbocycles. The van der Waals surface area contributed by atoms with E-state index in [0.717, 1.165) is 46.5 Å². The number of hydrogen-bond acceptors (Lipinski definition) is 5. The maximum atomic E-state index is 12.5. The molecule has 1 aliphatic rings. The number of para-hydroxylation sites is 2. The molecule has 1 aliphatic heterocycles. The Labute approximate surface area is 181 Å². The highest BCUT2D eigenvalue weighted by atomic mass is 32.1. The fourth-order valence-electron chi connectivity index (χ4n) is 3.50. The van der Waals surface area contributed by atoms with Crippen molar-refractivity contribution in [2.45, 2.75) is 26.4 Å². The summed E-state index contributed by atoms with van der Waals surface area (Å²) in [5.41, 5.74) is 3.77. The number of nitrogens with zero attached hydrogens (tertiary/aromatic N) is 2. The largest absolute Gasteiger partial charge is 0.487 e. The number of ether oxygens (including phenoxy) is 1. The van der Waals surface area contributed by atoms with Gasteiger partial charge >= 0.3 is 0 Å². The molecule has 1 N–H and O–H groups in total. The summed E-state index contributed by atoms with van der Waals surface area (Å²) in [6.45, 7) is 4.49. The number of thiazole rings is 1. The van der Waals surface area contributed by atoms with E-state index in [0.29, 0.717) is 6.61 Å². The third kappa shape index (κ3) is 5.27. The monoisotopic (exact) mass is 419 g/mol. The number of amides is 1. The Balaban J connectivity index is 1.37. The molecule has 5 nitrogen and oxygen atoms in total. The molecule has 2 aromatic carbocycles. The second-order valence-corrected chi connectivity index (χ2v) is 8.32. The SMILES string of the molecule is Cc1nc(COc2cccc(/C=C/C(=O)Nc3ccccc3N3CCCC3)c2)cs1. The fraction of sp³-hybridized carbons (Fsp3) is 0.250. The van der Waals surface area contributed by atoms with E-state index in [2.05, 4.69) is 21.3 Å². The summed E-state index contributed by atoms with van der Waals surface area (Å²) in [7, 11) is 0. The van der Waals surface area contributed by atoms with Crippen molar-refractivity contribution in [2.24, 2.45) is 0 Å². The van der Waals surface area contributed by atoms with Gasteiger partial charge in [-0.15, -0.1) is 11.3 Å². The van der Waals surface area contributed by atoms with Crippen LogP contribution in [0.3, 0.4) is 0 Å². The van der Waals surface area contributed by atoms with Gasteiger partial charge in [-0.2, -0.15) is 0 Å². The molecule has 30 heavy (non-hydrogen) atoms. The zero-order valence-corrected chi connectivity index (χ0v) is 17.8. The number of hydrogen-bond donors (Lipinski definition) is 1. The van der Waals surface area contributed by atoms with E-state index < -0.39 is 0 Å². The molecule has 1 aromatic heterocycles. The minimum atomic E-state index is -0.147. The maximum absolute atomic E-state index is 12.5. The highest BCUT2D eigenvalue weighted by molar-refractivity contribution is 7.09. The number of aryl methyl sites for hydroxylation is 1. The molecule has 1 fully saturated rings. The fourth-order valence-corrected chi connectivity index (χ4v) is 4.10. The van der Waals surface area contributed by atoms with E-state index >= 15 is 0 Å². The lowest BCUT2D eigenvalue weighted by molar-refractivity contribution is -0.111. The minimum Gasteiger partial charge on any atom is -0.487 e. The summed E-state index contributed by atoms with van der Waals surface area (Å²) in [6, 6.07) is 15.7. The van der Waals surface area contributed by atoms with Crippen molar-refractivity contribution in [2.75, 3.05) is 23.3 Å². The molecule has 3 aromatic rings. The Kier molecular flexibility index (Phi) is 6.44. The molecule has 6 heteroatoms. The molecule has 1 amide bonds. The number of carbonyl (C=O) groups excluding carboxylic acids is 1. The minimum absolute atomic E-state index is 0.147. The zero-order chi connectivity index (χ0) is 20.8. The van der Waals surface area contributed by atoms with Crippen molar-refractivity contribution in [1.82, 2.24) is 4.98 Å². The summed E-state index contributed by atoms with van der Waals surface area (Å²) < 4.78 is 5.83. The second-order valence-electron chi connectivity index (χ2n) is 7.25. The first-order chi connectivity index (χ1) is 14.7. The first-order valence-corrected chi connectivity index (χ1v) is 11.0. The van der Waals surface area contributed by atoms with Crippen molar-refractivity contribution >= 4 is 34.7 Å². The predicted octanol–water partition coefficient (Wildman–Crippen LogP) is 5.28. The second kappa shape index (κ2) is 9.59. The summed E-state index contributed by atoms with van der Waals surface area (Å²) in [5.74, 6) is 0.605. The van der Waals surface area contributed by atoms with Gasteiger partial charge in [0.25, 0.3) is 0 Å². The van der Waals surface area contributed by atoms with Gasteiger partial charge in [-0.1, -0.05) is 24.3 Å². The number of nitrogens with one attached hydrogen (secondary N) is 1. The van der Waals surface area contributed by atoms with Gasteiger partial charge in [-0.05, 0) is 55.7 Å². The van der Waals surface area contributed by atoms with Gasteiger partial charge in [0.15, 0.2) is 0 Å². The van der Waals surface area contributed by atoms with Gasteiger partial charge in [0.1, 0.15) is 12.4 Å². The number of rotatable bonds is 7. The van der Waals surface area contributed by atoms with E-state index in [1.807, 2.05) is 54.8 Å². The summed E-state index contributed by atoms with van der Waals surface area (Å²) >= 11 is 1.61. The lowest BCUT2D eigenvalue weighted by atomic mass is 10.2. The molecule has 0 atom stereocenters. The van der Waals surface area contributed by atoms with Gasteiger partial charge in [0, 0.05) is 24.5 Å². The quantitative estimate of drug-likeness (QED) is 0.529. The smallest absolute Gasteiger partial charge is 0.248 e. The van der Waals surface area contributed by atoms with E-state index in [4.69, 9.17) is 4.74 Å². The van der Waals surface area contributed by atoms with Crippen LogP contribution in [0.4, 0.5) is 11.4 Å². The van der Waals surface area contributed by atoms with Crippen LogP contribution >= 0.6 is 11.3 Å². The van der Waals surface area contributed by atoms with Gasteiger partial charge in [-0.25, -0.2) is 4.98 Å². The molecule has 154 valence electrons. The third-order valence-corrected chi connectivity index (χ3v) is 5.77. The van der Waals surface area contributed by atoms with Crippen LogP contribution in [0.25, 0.3) is 6.08 Å². The van der Waals surface area contributed by atoms with Gasteiger partial charge in [0.2, 0.25) is 5.91 Å². The van der Waals surface area contributed by atoms with Gasteiger partial charge < -0.3 is 15.0 Å². The molecular formula is C24H25N3O2S. The van der Waals surface area contributed by atoms with E-state index in [9.17, 15) is 4.79 Å². The number of aromatic nitrogens is 1. The summed E-state index contributed by atoms with van der Waals surface area (Å²) in [4.78, 5) is 19.2. The van der Waals surface area contributed by atoms with Crippen LogP contribution in [0.2, 0.25) is 0 Å². The Morgan fingerprint density at radius 3 is 2.83 bits per heavy atom. The average Bonchev–Trinajstić information content (AvgIpc) is 3.43. The number of carbonyl (C=O) groups is 1. The van der Waals surface area contributed by atoms with Crippen molar-refractivity contribution < 1.29 is 9.53 Å². The number of benzene rings is 2. The highest BCUT2D eigenvalue weighted by Crippen LogP contribution is 2.28. The van der Waals surface area contributed by atoms with Crippen LogP contribution in [0.15, 0.2) is 60.0 Å². The van der Waals surface area contributed by atoms with E-state index in [1.54, 1.807) is 23.5 Å². The van der Waals surface area contributed by atoms with Crippen LogP contribution < -0.4 is 15.0 Å². The lowest BCUT2D eigenvalue weighted by Gasteiger charge is -2.21. The summed E-state index contributed by atoms with van der Waals surface area (Å²) in [6.07, 6.45) is 5.75. The average molecular weight is 420 g/mol. The van der Waals surface area contributed by atoms with Crippen LogP contribution in [-0.2, 0) is 11.4 Å². The predicted molar refractivity (Wildman–Crippen MR) is 123 cm³/mol. The molecule has 2 heterocycles. The zero-order valence-electron chi connectivity index (χ0n) is 17.0. The summed E-state index contributed by atoms with van der Waals surface area (Å²) in [5, 5.41) is 6.05. The first-order valence-electron chi connectivity index (χ1n) is 10.1. The molecule has 0 spiro atoms. The van der Waals surface area contributed by atoms with Crippen LogP contribution in [0.1, 0.15) is 29.1 Å². The third-order valence-electron chi connectivity index (χ3n) is 4.95. The highest BCUT2D eigenvalue weighted by Gasteiger charge is 2.15. The molecule has 0 aliphatic carbocycles. The topological polar surface area (TPSA) is 54.5 Å². The van der Waals surface area contributed by atoms with Crippen LogP contribution in [0, 0.1) is 6.92 Å². The van der Waals surface area contributed by atoms with Crippen molar-refractivity contribution in [3.8, 4) is 5.75 Å². The Morgan fingerprint density at radius 2 is 2.03 bits per heavy atom. The standard InChI is InChI=1S/C24H25N3O2S/c1-18-25-20(17-30-18)16-29-21-8-6-7-19(15-21)11-12-24(28)26-22-9-2-3-10-23(22)27-13-4-5-14-27/h2-3,6-12,15,17H,4-5,13-14,16H2,1H3,(H,26,28)/b12-11+. The Morgan fingerprint density at radius 1 is 1.20 bits per heavy atom. The molecule has 1 saturated heterocycles.